The first-order chi connectivity index (χ1) is 12.7. The van der Waals surface area contributed by atoms with Gasteiger partial charge in [-0.1, -0.05) is 45.9 Å². The minimum absolute atomic E-state index is 0.00485. The van der Waals surface area contributed by atoms with E-state index in [1.807, 2.05) is 45.9 Å². The van der Waals surface area contributed by atoms with Gasteiger partial charge in [0.15, 0.2) is 0 Å². The number of nitrogens with one attached hydrogen (secondary N) is 3. The lowest BCUT2D eigenvalue weighted by Crippen LogP contribution is -2.53. The first-order valence-corrected chi connectivity index (χ1v) is 9.38. The van der Waals surface area contributed by atoms with Crippen molar-refractivity contribution in [2.45, 2.75) is 52.6 Å². The van der Waals surface area contributed by atoms with Gasteiger partial charge in [-0.05, 0) is 30.4 Å². The number of anilines is 1. The van der Waals surface area contributed by atoms with Gasteiger partial charge in [-0.25, -0.2) is 0 Å². The Morgan fingerprint density at radius 2 is 1.63 bits per heavy atom. The number of para-hydroxylation sites is 1. The molecule has 1 aromatic carbocycles. The van der Waals surface area contributed by atoms with Crippen molar-refractivity contribution in [2.24, 2.45) is 17.6 Å². The van der Waals surface area contributed by atoms with E-state index in [-0.39, 0.29) is 30.1 Å². The molecule has 0 heterocycles. The van der Waals surface area contributed by atoms with Crippen LogP contribution in [-0.2, 0) is 14.4 Å². The maximum atomic E-state index is 12.7. The number of nitrogens with two attached hydrogens (primary N) is 1. The molecule has 7 nitrogen and oxygen atoms in total. The molecule has 1 rings (SSSR count). The van der Waals surface area contributed by atoms with Gasteiger partial charge in [0.25, 0.3) is 0 Å². The molecule has 0 aliphatic heterocycles. The second kappa shape index (κ2) is 11.3. The number of rotatable bonds is 11. The van der Waals surface area contributed by atoms with Crippen LogP contribution in [0.2, 0.25) is 0 Å². The quantitative estimate of drug-likeness (QED) is 0.470. The average Bonchev–Trinajstić information content (AvgIpc) is 2.57. The molecule has 0 radical (unpaired) electrons. The van der Waals surface area contributed by atoms with E-state index in [2.05, 4.69) is 16.0 Å². The maximum absolute atomic E-state index is 12.7. The molecule has 0 aliphatic carbocycles. The summed E-state index contributed by atoms with van der Waals surface area (Å²) in [5.41, 5.74) is 5.83. The number of carbonyl (C=O) groups is 3. The van der Waals surface area contributed by atoms with E-state index in [9.17, 15) is 14.4 Å². The van der Waals surface area contributed by atoms with Crippen LogP contribution in [-0.4, -0.2) is 36.3 Å². The average molecular weight is 377 g/mol. The summed E-state index contributed by atoms with van der Waals surface area (Å²) in [5, 5.41) is 8.76. The fourth-order valence-electron chi connectivity index (χ4n) is 2.70. The van der Waals surface area contributed by atoms with Crippen molar-refractivity contribution < 1.29 is 14.4 Å². The Kier molecular flexibility index (Phi) is 9.50. The minimum Gasteiger partial charge on any atom is -0.370 e. The lowest BCUT2D eigenvalue weighted by atomic mass is 9.99. The van der Waals surface area contributed by atoms with Crippen LogP contribution in [0.3, 0.4) is 0 Å². The second-order valence-corrected chi connectivity index (χ2v) is 7.44. The monoisotopic (exact) mass is 376 g/mol. The fourth-order valence-corrected chi connectivity index (χ4v) is 2.70. The lowest BCUT2D eigenvalue weighted by Gasteiger charge is -2.26. The van der Waals surface area contributed by atoms with Crippen molar-refractivity contribution in [3.8, 4) is 0 Å². The summed E-state index contributed by atoms with van der Waals surface area (Å²) in [6.07, 6.45) is 0.678. The highest BCUT2D eigenvalue weighted by atomic mass is 16.2. The predicted molar refractivity (Wildman–Crippen MR) is 107 cm³/mol. The Balaban J connectivity index is 2.78. The van der Waals surface area contributed by atoms with E-state index in [1.54, 1.807) is 12.1 Å². The first-order valence-electron chi connectivity index (χ1n) is 9.38. The zero-order valence-electron chi connectivity index (χ0n) is 16.6. The Labute approximate surface area is 161 Å². The van der Waals surface area contributed by atoms with Crippen LogP contribution in [0.5, 0.6) is 0 Å². The molecule has 0 bridgehead atoms. The minimum atomic E-state index is -0.642. The molecule has 150 valence electrons. The van der Waals surface area contributed by atoms with Gasteiger partial charge in [-0.15, -0.1) is 0 Å². The molecule has 3 amide bonds. The molecule has 0 spiro atoms. The van der Waals surface area contributed by atoms with Crippen LogP contribution in [0.1, 0.15) is 40.5 Å². The van der Waals surface area contributed by atoms with Gasteiger partial charge >= 0.3 is 0 Å². The van der Waals surface area contributed by atoms with Gasteiger partial charge in [0.2, 0.25) is 17.7 Å². The molecular weight excluding hydrogens is 344 g/mol. The summed E-state index contributed by atoms with van der Waals surface area (Å²) in [6.45, 7) is 8.13. The van der Waals surface area contributed by atoms with E-state index >= 15 is 0 Å². The van der Waals surface area contributed by atoms with Gasteiger partial charge in [0.1, 0.15) is 6.04 Å². The van der Waals surface area contributed by atoms with Crippen LogP contribution >= 0.6 is 0 Å². The number of amides is 3. The first kappa shape index (κ1) is 22.6. The van der Waals surface area contributed by atoms with Crippen molar-refractivity contribution in [1.82, 2.24) is 10.6 Å². The van der Waals surface area contributed by atoms with Crippen LogP contribution in [0.25, 0.3) is 0 Å². The van der Waals surface area contributed by atoms with Crippen molar-refractivity contribution in [3.63, 3.8) is 0 Å². The number of hydrogen-bond acceptors (Lipinski definition) is 4. The third kappa shape index (κ3) is 8.68. The summed E-state index contributed by atoms with van der Waals surface area (Å²) in [5.74, 6) is -0.705. The van der Waals surface area contributed by atoms with E-state index in [1.165, 1.54) is 0 Å². The highest BCUT2D eigenvalue weighted by Crippen LogP contribution is 2.11. The number of primary amides is 1. The molecule has 0 saturated heterocycles. The molecule has 1 aromatic rings. The third-order valence-corrected chi connectivity index (χ3v) is 4.07. The Hall–Kier alpha value is -2.41. The molecule has 0 saturated carbocycles. The van der Waals surface area contributed by atoms with Gasteiger partial charge in [-0.3, -0.25) is 14.4 Å². The maximum Gasteiger partial charge on any atom is 0.246 e. The summed E-state index contributed by atoms with van der Waals surface area (Å²) in [6, 6.07) is 7.99. The van der Waals surface area contributed by atoms with E-state index < -0.39 is 18.0 Å². The SMILES string of the molecule is CC(C)CC(NC(=O)C(NCCC(N)=O)C(C)C)C(=O)Nc1ccccc1. The topological polar surface area (TPSA) is 113 Å². The van der Waals surface area contributed by atoms with E-state index in [4.69, 9.17) is 5.73 Å². The molecule has 0 fully saturated rings. The van der Waals surface area contributed by atoms with Crippen molar-refractivity contribution in [2.75, 3.05) is 11.9 Å². The summed E-state index contributed by atoms with van der Waals surface area (Å²) in [7, 11) is 0. The predicted octanol–water partition coefficient (Wildman–Crippen LogP) is 1.65. The van der Waals surface area contributed by atoms with Crippen molar-refractivity contribution >= 4 is 23.4 Å². The fraction of sp³-hybridized carbons (Fsp3) is 0.550. The van der Waals surface area contributed by atoms with Crippen LogP contribution in [0.15, 0.2) is 30.3 Å². The highest BCUT2D eigenvalue weighted by Gasteiger charge is 2.27. The smallest absolute Gasteiger partial charge is 0.246 e. The number of hydrogen-bond donors (Lipinski definition) is 4. The summed E-state index contributed by atoms with van der Waals surface area (Å²) >= 11 is 0. The summed E-state index contributed by atoms with van der Waals surface area (Å²) < 4.78 is 0. The largest absolute Gasteiger partial charge is 0.370 e. The van der Waals surface area contributed by atoms with Crippen molar-refractivity contribution in [1.29, 1.82) is 0 Å². The molecule has 0 aliphatic rings. The molecule has 27 heavy (non-hydrogen) atoms. The lowest BCUT2D eigenvalue weighted by molar-refractivity contribution is -0.129. The zero-order chi connectivity index (χ0) is 20.4. The molecule has 2 atom stereocenters. The number of benzene rings is 1. The van der Waals surface area contributed by atoms with Gasteiger partial charge < -0.3 is 21.7 Å². The van der Waals surface area contributed by atoms with Gasteiger partial charge in [0.05, 0.1) is 6.04 Å². The van der Waals surface area contributed by atoms with E-state index in [0.717, 1.165) is 0 Å². The van der Waals surface area contributed by atoms with Gasteiger partial charge in [-0.2, -0.15) is 0 Å². The molecule has 0 aromatic heterocycles. The molecule has 5 N–H and O–H groups in total. The molecule has 2 unspecified atom stereocenters. The van der Waals surface area contributed by atoms with Gasteiger partial charge in [0, 0.05) is 18.7 Å². The van der Waals surface area contributed by atoms with Crippen LogP contribution < -0.4 is 21.7 Å². The second-order valence-electron chi connectivity index (χ2n) is 7.44. The Morgan fingerprint density at radius 3 is 2.15 bits per heavy atom. The van der Waals surface area contributed by atoms with Crippen molar-refractivity contribution in [3.05, 3.63) is 30.3 Å². The molecular formula is C20H32N4O3. The number of carbonyl (C=O) groups excluding carboxylic acids is 3. The molecule has 7 heteroatoms. The Morgan fingerprint density at radius 1 is 1.00 bits per heavy atom. The Bertz CT molecular complexity index is 617. The highest BCUT2D eigenvalue weighted by molar-refractivity contribution is 5.97. The van der Waals surface area contributed by atoms with Crippen LogP contribution in [0, 0.1) is 11.8 Å². The third-order valence-electron chi connectivity index (χ3n) is 4.07. The van der Waals surface area contributed by atoms with E-state index in [0.29, 0.717) is 18.7 Å². The standard InChI is InChI=1S/C20H32N4O3/c1-13(2)12-16(19(26)23-15-8-6-5-7-9-15)24-20(27)18(14(3)4)22-11-10-17(21)25/h5-9,13-14,16,18,22H,10-12H2,1-4H3,(H2,21,25)(H,23,26)(H,24,27). The summed E-state index contributed by atoms with van der Waals surface area (Å²) in [4.78, 5) is 36.3. The van der Waals surface area contributed by atoms with Crippen LogP contribution in [0.4, 0.5) is 5.69 Å². The zero-order valence-corrected chi connectivity index (χ0v) is 16.6. The normalized spacial score (nSPS) is 13.3.